The summed E-state index contributed by atoms with van der Waals surface area (Å²) in [6.07, 6.45) is 3.04. The van der Waals surface area contributed by atoms with Gasteiger partial charge in [0.2, 0.25) is 5.95 Å². The zero-order chi connectivity index (χ0) is 14.7. The summed E-state index contributed by atoms with van der Waals surface area (Å²) in [5, 5.41) is 5.44. The molecule has 0 unspecified atom stereocenters. The molecule has 2 aromatic heterocycles. The molecule has 3 aromatic rings. The van der Waals surface area contributed by atoms with Gasteiger partial charge in [-0.2, -0.15) is 4.39 Å². The minimum atomic E-state index is -0.783. The van der Waals surface area contributed by atoms with E-state index in [1.807, 2.05) is 17.5 Å². The van der Waals surface area contributed by atoms with Crippen molar-refractivity contribution in [3.63, 3.8) is 0 Å². The van der Waals surface area contributed by atoms with Crippen molar-refractivity contribution >= 4 is 22.9 Å². The number of pyridine rings is 1. The molecule has 0 saturated carbocycles. The van der Waals surface area contributed by atoms with E-state index >= 15 is 0 Å². The Hall–Kier alpha value is -2.60. The predicted octanol–water partition coefficient (Wildman–Crippen LogP) is 3.60. The standard InChI is InChI=1S/C15H10FN3OS/c16-13-12(2-1-7-17-13)14(20)19-11-5-3-10(4-6-11)15-18-8-9-21-15/h1-9H,(H,19,20). The molecule has 0 fully saturated rings. The highest BCUT2D eigenvalue weighted by atomic mass is 32.1. The molecule has 0 saturated heterocycles. The van der Waals surface area contributed by atoms with Gasteiger partial charge < -0.3 is 5.32 Å². The smallest absolute Gasteiger partial charge is 0.260 e. The molecule has 3 rings (SSSR count). The van der Waals surface area contributed by atoms with Gasteiger partial charge in [-0.1, -0.05) is 0 Å². The summed E-state index contributed by atoms with van der Waals surface area (Å²) in [7, 11) is 0. The van der Waals surface area contributed by atoms with E-state index in [9.17, 15) is 9.18 Å². The number of carbonyl (C=O) groups is 1. The van der Waals surface area contributed by atoms with Crippen LogP contribution in [0, 0.1) is 5.95 Å². The Kier molecular flexibility index (Phi) is 3.70. The zero-order valence-corrected chi connectivity index (χ0v) is 11.6. The first-order chi connectivity index (χ1) is 10.2. The van der Waals surface area contributed by atoms with Gasteiger partial charge >= 0.3 is 0 Å². The quantitative estimate of drug-likeness (QED) is 0.752. The van der Waals surface area contributed by atoms with Crippen molar-refractivity contribution in [2.24, 2.45) is 0 Å². The maximum Gasteiger partial charge on any atom is 0.260 e. The molecular formula is C15H10FN3OS. The van der Waals surface area contributed by atoms with Gasteiger partial charge in [0.15, 0.2) is 0 Å². The van der Waals surface area contributed by atoms with Crippen LogP contribution < -0.4 is 5.32 Å². The van der Waals surface area contributed by atoms with E-state index in [2.05, 4.69) is 15.3 Å². The minimum Gasteiger partial charge on any atom is -0.322 e. The van der Waals surface area contributed by atoms with E-state index in [-0.39, 0.29) is 5.56 Å². The Morgan fingerprint density at radius 2 is 1.90 bits per heavy atom. The number of rotatable bonds is 3. The van der Waals surface area contributed by atoms with E-state index in [1.54, 1.807) is 18.3 Å². The first kappa shape index (κ1) is 13.4. The second kappa shape index (κ2) is 5.80. The summed E-state index contributed by atoms with van der Waals surface area (Å²) in [5.74, 6) is -1.31. The van der Waals surface area contributed by atoms with Crippen LogP contribution in [0.2, 0.25) is 0 Å². The van der Waals surface area contributed by atoms with Gasteiger partial charge in [-0.15, -0.1) is 11.3 Å². The largest absolute Gasteiger partial charge is 0.322 e. The molecule has 2 heterocycles. The number of thiazole rings is 1. The van der Waals surface area contributed by atoms with Crippen LogP contribution in [0.5, 0.6) is 0 Å². The number of nitrogens with zero attached hydrogens (tertiary/aromatic N) is 2. The minimum absolute atomic E-state index is 0.0819. The van der Waals surface area contributed by atoms with Crippen LogP contribution in [0.15, 0.2) is 54.2 Å². The van der Waals surface area contributed by atoms with Crippen molar-refractivity contribution in [3.8, 4) is 10.6 Å². The third-order valence-electron chi connectivity index (χ3n) is 2.83. The number of halogens is 1. The lowest BCUT2D eigenvalue weighted by Crippen LogP contribution is -2.14. The van der Waals surface area contributed by atoms with Crippen molar-refractivity contribution in [2.45, 2.75) is 0 Å². The number of benzene rings is 1. The normalized spacial score (nSPS) is 10.3. The third-order valence-corrected chi connectivity index (χ3v) is 3.65. The zero-order valence-electron chi connectivity index (χ0n) is 10.8. The second-order valence-corrected chi connectivity index (χ2v) is 5.11. The Balaban J connectivity index is 1.77. The molecule has 0 spiro atoms. The molecule has 0 aliphatic carbocycles. The Morgan fingerprint density at radius 1 is 1.10 bits per heavy atom. The van der Waals surface area contributed by atoms with Crippen LogP contribution in [0.1, 0.15) is 10.4 Å². The predicted molar refractivity (Wildman–Crippen MR) is 79.7 cm³/mol. The number of amides is 1. The lowest BCUT2D eigenvalue weighted by molar-refractivity contribution is 0.102. The molecule has 21 heavy (non-hydrogen) atoms. The van der Waals surface area contributed by atoms with Crippen molar-refractivity contribution < 1.29 is 9.18 Å². The number of hydrogen-bond acceptors (Lipinski definition) is 4. The average Bonchev–Trinajstić information content (AvgIpc) is 3.02. The van der Waals surface area contributed by atoms with Gasteiger partial charge in [0.05, 0.1) is 5.56 Å². The van der Waals surface area contributed by atoms with E-state index in [0.29, 0.717) is 5.69 Å². The van der Waals surface area contributed by atoms with Gasteiger partial charge in [0, 0.05) is 29.0 Å². The number of carbonyl (C=O) groups excluding carboxylic acids is 1. The number of nitrogens with one attached hydrogen (secondary N) is 1. The summed E-state index contributed by atoms with van der Waals surface area (Å²) in [5.41, 5.74) is 1.47. The number of hydrogen-bond donors (Lipinski definition) is 1. The number of aromatic nitrogens is 2. The van der Waals surface area contributed by atoms with Gasteiger partial charge in [0.25, 0.3) is 5.91 Å². The summed E-state index contributed by atoms with van der Waals surface area (Å²) in [6, 6.07) is 10.1. The highest BCUT2D eigenvalue weighted by Gasteiger charge is 2.12. The molecule has 1 amide bonds. The fraction of sp³-hybridized carbons (Fsp3) is 0. The lowest BCUT2D eigenvalue weighted by atomic mass is 10.2. The highest BCUT2D eigenvalue weighted by Crippen LogP contribution is 2.23. The third kappa shape index (κ3) is 2.95. The molecule has 4 nitrogen and oxygen atoms in total. The molecule has 0 atom stereocenters. The Bertz CT molecular complexity index is 757. The van der Waals surface area contributed by atoms with Crippen molar-refractivity contribution in [3.05, 3.63) is 65.7 Å². The number of anilines is 1. The molecule has 0 aliphatic rings. The van der Waals surface area contributed by atoms with Gasteiger partial charge in [-0.25, -0.2) is 9.97 Å². The average molecular weight is 299 g/mol. The van der Waals surface area contributed by atoms with Crippen LogP contribution in [-0.2, 0) is 0 Å². The highest BCUT2D eigenvalue weighted by molar-refractivity contribution is 7.13. The maximum absolute atomic E-state index is 13.4. The molecule has 6 heteroatoms. The van der Waals surface area contributed by atoms with Crippen molar-refractivity contribution in [1.82, 2.24) is 9.97 Å². The van der Waals surface area contributed by atoms with Gasteiger partial charge in [0.1, 0.15) is 5.01 Å². The van der Waals surface area contributed by atoms with Gasteiger partial charge in [-0.3, -0.25) is 4.79 Å². The Morgan fingerprint density at radius 3 is 2.57 bits per heavy atom. The van der Waals surface area contributed by atoms with Crippen molar-refractivity contribution in [2.75, 3.05) is 5.32 Å². The van der Waals surface area contributed by atoms with Crippen LogP contribution in [0.3, 0.4) is 0 Å². The summed E-state index contributed by atoms with van der Waals surface area (Å²) >= 11 is 1.54. The first-order valence-electron chi connectivity index (χ1n) is 6.16. The molecule has 104 valence electrons. The van der Waals surface area contributed by atoms with Crippen LogP contribution in [0.4, 0.5) is 10.1 Å². The second-order valence-electron chi connectivity index (χ2n) is 4.21. The fourth-order valence-corrected chi connectivity index (χ4v) is 2.46. The fourth-order valence-electron chi connectivity index (χ4n) is 1.82. The summed E-state index contributed by atoms with van der Waals surface area (Å²) in [6.45, 7) is 0. The van der Waals surface area contributed by atoms with Crippen LogP contribution >= 0.6 is 11.3 Å². The first-order valence-corrected chi connectivity index (χ1v) is 7.04. The monoisotopic (exact) mass is 299 g/mol. The summed E-state index contributed by atoms with van der Waals surface area (Å²) < 4.78 is 13.4. The van der Waals surface area contributed by atoms with E-state index in [0.717, 1.165) is 10.6 Å². The Labute approximate surface area is 124 Å². The van der Waals surface area contributed by atoms with E-state index < -0.39 is 11.9 Å². The molecule has 0 bridgehead atoms. The lowest BCUT2D eigenvalue weighted by Gasteiger charge is -2.06. The van der Waals surface area contributed by atoms with Crippen molar-refractivity contribution in [1.29, 1.82) is 0 Å². The summed E-state index contributed by atoms with van der Waals surface area (Å²) in [4.78, 5) is 19.6. The topological polar surface area (TPSA) is 54.9 Å². The molecule has 0 aliphatic heterocycles. The van der Waals surface area contributed by atoms with E-state index in [1.165, 1.54) is 29.7 Å². The molecule has 0 radical (unpaired) electrons. The molecular weight excluding hydrogens is 289 g/mol. The maximum atomic E-state index is 13.4. The molecule has 1 N–H and O–H groups in total. The van der Waals surface area contributed by atoms with Gasteiger partial charge in [-0.05, 0) is 36.4 Å². The SMILES string of the molecule is O=C(Nc1ccc(-c2nccs2)cc1)c1cccnc1F. The van der Waals surface area contributed by atoms with E-state index in [4.69, 9.17) is 0 Å². The van der Waals surface area contributed by atoms with Crippen LogP contribution in [-0.4, -0.2) is 15.9 Å². The van der Waals surface area contributed by atoms with Crippen LogP contribution in [0.25, 0.3) is 10.6 Å². The molecule has 1 aromatic carbocycles.